The Morgan fingerprint density at radius 2 is 1.90 bits per heavy atom. The molecule has 6 heteroatoms. The first-order valence-corrected chi connectivity index (χ1v) is 11.4. The maximum Gasteiger partial charge on any atom is 0.194 e. The standard InChI is InChI=1S/C25H34N4O2/c1-3-26-25(27-19-21-12-17-31-24(21)20-8-5-4-6-9-20)29-15-13-28(14-16-29)22-10-7-11-23(18-22)30-2/h4-11,18,21,24H,3,12-17,19H2,1-2H3,(H,26,27). The second-order valence-electron chi connectivity index (χ2n) is 8.12. The Bertz CT molecular complexity index is 850. The molecule has 0 bridgehead atoms. The molecule has 0 saturated carbocycles. The quantitative estimate of drug-likeness (QED) is 0.570. The Labute approximate surface area is 185 Å². The fourth-order valence-electron chi connectivity index (χ4n) is 4.45. The summed E-state index contributed by atoms with van der Waals surface area (Å²) in [4.78, 5) is 9.83. The molecule has 31 heavy (non-hydrogen) atoms. The molecule has 0 spiro atoms. The zero-order valence-corrected chi connectivity index (χ0v) is 18.7. The number of nitrogens with zero attached hydrogens (tertiary/aromatic N) is 3. The molecule has 1 N–H and O–H groups in total. The van der Waals surface area contributed by atoms with E-state index in [9.17, 15) is 0 Å². The molecule has 2 aromatic carbocycles. The number of hydrogen-bond acceptors (Lipinski definition) is 4. The Hall–Kier alpha value is -2.73. The number of aliphatic imine (C=N–C) groups is 1. The highest BCUT2D eigenvalue weighted by Gasteiger charge is 2.30. The zero-order chi connectivity index (χ0) is 21.5. The van der Waals surface area contributed by atoms with Crippen molar-refractivity contribution >= 4 is 11.6 Å². The van der Waals surface area contributed by atoms with Crippen LogP contribution < -0.4 is 15.0 Å². The number of nitrogens with one attached hydrogen (secondary N) is 1. The molecule has 2 aliphatic rings. The smallest absolute Gasteiger partial charge is 0.194 e. The van der Waals surface area contributed by atoms with E-state index in [4.69, 9.17) is 14.5 Å². The van der Waals surface area contributed by atoms with Crippen molar-refractivity contribution in [1.82, 2.24) is 10.2 Å². The molecule has 2 aliphatic heterocycles. The molecule has 2 unspecified atom stereocenters. The highest BCUT2D eigenvalue weighted by atomic mass is 16.5. The summed E-state index contributed by atoms with van der Waals surface area (Å²) in [6.07, 6.45) is 1.21. The van der Waals surface area contributed by atoms with E-state index in [-0.39, 0.29) is 6.10 Å². The van der Waals surface area contributed by atoms with E-state index < -0.39 is 0 Å². The summed E-state index contributed by atoms with van der Waals surface area (Å²) < 4.78 is 11.4. The highest BCUT2D eigenvalue weighted by molar-refractivity contribution is 5.80. The molecule has 4 rings (SSSR count). The van der Waals surface area contributed by atoms with Crippen molar-refractivity contribution in [3.8, 4) is 5.75 Å². The molecule has 0 aliphatic carbocycles. The lowest BCUT2D eigenvalue weighted by atomic mass is 9.95. The Morgan fingerprint density at radius 1 is 1.10 bits per heavy atom. The zero-order valence-electron chi connectivity index (χ0n) is 18.7. The van der Waals surface area contributed by atoms with Crippen LogP contribution in [0.2, 0.25) is 0 Å². The van der Waals surface area contributed by atoms with Crippen molar-refractivity contribution in [1.29, 1.82) is 0 Å². The third-order valence-corrected chi connectivity index (χ3v) is 6.15. The molecule has 2 saturated heterocycles. The van der Waals surface area contributed by atoms with Gasteiger partial charge in [0.1, 0.15) is 5.75 Å². The van der Waals surface area contributed by atoms with Gasteiger partial charge in [0.25, 0.3) is 0 Å². The lowest BCUT2D eigenvalue weighted by molar-refractivity contribution is 0.0925. The fourth-order valence-corrected chi connectivity index (χ4v) is 4.45. The number of rotatable bonds is 6. The first-order valence-electron chi connectivity index (χ1n) is 11.4. The van der Waals surface area contributed by atoms with Crippen LogP contribution in [0.3, 0.4) is 0 Å². The Balaban J connectivity index is 1.38. The minimum absolute atomic E-state index is 0.151. The van der Waals surface area contributed by atoms with Gasteiger partial charge in [0, 0.05) is 63.5 Å². The molecular weight excluding hydrogens is 388 g/mol. The number of anilines is 1. The van der Waals surface area contributed by atoms with Crippen molar-refractivity contribution in [3.63, 3.8) is 0 Å². The van der Waals surface area contributed by atoms with Crippen LogP contribution in [0.1, 0.15) is 25.0 Å². The maximum absolute atomic E-state index is 6.05. The Morgan fingerprint density at radius 3 is 2.65 bits per heavy atom. The first kappa shape index (κ1) is 21.5. The second kappa shape index (κ2) is 10.5. The van der Waals surface area contributed by atoms with Crippen molar-refractivity contribution < 1.29 is 9.47 Å². The van der Waals surface area contributed by atoms with Crippen LogP contribution in [0.5, 0.6) is 5.75 Å². The number of piperazine rings is 1. The lowest BCUT2D eigenvalue weighted by Gasteiger charge is -2.38. The topological polar surface area (TPSA) is 49.3 Å². The van der Waals surface area contributed by atoms with Crippen LogP contribution in [-0.2, 0) is 4.74 Å². The predicted octanol–water partition coefficient (Wildman–Crippen LogP) is 3.56. The third-order valence-electron chi connectivity index (χ3n) is 6.15. The molecule has 0 amide bonds. The van der Waals surface area contributed by atoms with Crippen LogP contribution in [0, 0.1) is 5.92 Å². The van der Waals surface area contributed by atoms with E-state index in [0.717, 1.165) is 64.0 Å². The summed E-state index contributed by atoms with van der Waals surface area (Å²) in [7, 11) is 1.72. The molecule has 0 radical (unpaired) electrons. The van der Waals surface area contributed by atoms with Gasteiger partial charge in [-0.3, -0.25) is 4.99 Å². The van der Waals surface area contributed by atoms with Crippen molar-refractivity contribution in [2.75, 3.05) is 57.9 Å². The molecule has 2 heterocycles. The van der Waals surface area contributed by atoms with E-state index in [1.54, 1.807) is 7.11 Å². The van der Waals surface area contributed by atoms with Crippen LogP contribution in [-0.4, -0.2) is 63.8 Å². The highest BCUT2D eigenvalue weighted by Crippen LogP contribution is 2.34. The lowest BCUT2D eigenvalue weighted by Crippen LogP contribution is -2.52. The number of benzene rings is 2. The van der Waals surface area contributed by atoms with E-state index in [0.29, 0.717) is 5.92 Å². The van der Waals surface area contributed by atoms with Crippen molar-refractivity contribution in [2.24, 2.45) is 10.9 Å². The van der Waals surface area contributed by atoms with Gasteiger partial charge < -0.3 is 24.6 Å². The summed E-state index contributed by atoms with van der Waals surface area (Å²) in [5.74, 6) is 2.35. The van der Waals surface area contributed by atoms with Crippen LogP contribution in [0.4, 0.5) is 5.69 Å². The Kier molecular flexibility index (Phi) is 7.30. The molecule has 2 fully saturated rings. The number of methoxy groups -OCH3 is 1. The normalized spacial score (nSPS) is 21.9. The van der Waals surface area contributed by atoms with E-state index in [1.165, 1.54) is 11.3 Å². The van der Waals surface area contributed by atoms with Gasteiger partial charge in [0.15, 0.2) is 5.96 Å². The average molecular weight is 423 g/mol. The van der Waals surface area contributed by atoms with Crippen molar-refractivity contribution in [2.45, 2.75) is 19.4 Å². The molecule has 0 aromatic heterocycles. The molecule has 2 aromatic rings. The summed E-state index contributed by atoms with van der Waals surface area (Å²) in [6.45, 7) is 8.45. The van der Waals surface area contributed by atoms with Gasteiger partial charge in [-0.05, 0) is 31.0 Å². The van der Waals surface area contributed by atoms with Gasteiger partial charge in [0.2, 0.25) is 0 Å². The minimum atomic E-state index is 0.151. The van der Waals surface area contributed by atoms with Gasteiger partial charge in [-0.2, -0.15) is 0 Å². The summed E-state index contributed by atoms with van der Waals surface area (Å²) in [5.41, 5.74) is 2.48. The predicted molar refractivity (Wildman–Crippen MR) is 126 cm³/mol. The second-order valence-corrected chi connectivity index (χ2v) is 8.12. The average Bonchev–Trinajstić information content (AvgIpc) is 3.31. The van der Waals surface area contributed by atoms with Gasteiger partial charge in [-0.25, -0.2) is 0 Å². The van der Waals surface area contributed by atoms with Gasteiger partial charge in [0.05, 0.1) is 13.2 Å². The van der Waals surface area contributed by atoms with Gasteiger partial charge in [-0.1, -0.05) is 36.4 Å². The number of guanidine groups is 1. The summed E-state index contributed by atoms with van der Waals surface area (Å²) in [5, 5.41) is 3.50. The minimum Gasteiger partial charge on any atom is -0.497 e. The maximum atomic E-state index is 6.05. The number of hydrogen-bond donors (Lipinski definition) is 1. The fraction of sp³-hybridized carbons (Fsp3) is 0.480. The molecule has 6 nitrogen and oxygen atoms in total. The first-order chi connectivity index (χ1) is 15.3. The molecule has 2 atom stereocenters. The van der Waals surface area contributed by atoms with Crippen LogP contribution >= 0.6 is 0 Å². The van der Waals surface area contributed by atoms with E-state index in [1.807, 2.05) is 6.07 Å². The van der Waals surface area contributed by atoms with Gasteiger partial charge >= 0.3 is 0 Å². The van der Waals surface area contributed by atoms with Crippen LogP contribution in [0.25, 0.3) is 0 Å². The largest absolute Gasteiger partial charge is 0.497 e. The van der Waals surface area contributed by atoms with Crippen LogP contribution in [0.15, 0.2) is 59.6 Å². The third kappa shape index (κ3) is 5.31. The monoisotopic (exact) mass is 422 g/mol. The van der Waals surface area contributed by atoms with Crippen molar-refractivity contribution in [3.05, 3.63) is 60.2 Å². The molecular formula is C25H34N4O2. The number of ether oxygens (including phenoxy) is 2. The molecule has 166 valence electrons. The SMILES string of the molecule is CCNC(=NCC1CCOC1c1ccccc1)N1CCN(c2cccc(OC)c2)CC1. The summed E-state index contributed by atoms with van der Waals surface area (Å²) in [6, 6.07) is 18.9. The van der Waals surface area contributed by atoms with E-state index >= 15 is 0 Å². The van der Waals surface area contributed by atoms with Gasteiger partial charge in [-0.15, -0.1) is 0 Å². The summed E-state index contributed by atoms with van der Waals surface area (Å²) >= 11 is 0. The van der Waals surface area contributed by atoms with E-state index in [2.05, 4.69) is 70.6 Å².